The van der Waals surface area contributed by atoms with Crippen molar-refractivity contribution in [1.82, 2.24) is 0 Å². The second-order valence-corrected chi connectivity index (χ2v) is 2.09. The summed E-state index contributed by atoms with van der Waals surface area (Å²) < 4.78 is 4.94. The van der Waals surface area contributed by atoms with E-state index in [-0.39, 0.29) is 0 Å². The van der Waals surface area contributed by atoms with Gasteiger partial charge in [-0.2, -0.15) is 0 Å². The number of hydrogen-bond acceptors (Lipinski definition) is 2. The van der Waals surface area contributed by atoms with Crippen molar-refractivity contribution in [3.8, 4) is 0 Å². The first-order chi connectivity index (χ1) is 2.93. The second-order valence-electron chi connectivity index (χ2n) is 0.891. The van der Waals surface area contributed by atoms with Crippen LogP contribution in [-0.2, 0) is 4.52 Å². The molecular weight excluding hydrogens is 99.0 g/mol. The maximum Gasteiger partial charge on any atom is 0.559 e. The van der Waals surface area contributed by atoms with Crippen LogP contribution in [0, 0.1) is 0 Å². The summed E-state index contributed by atoms with van der Waals surface area (Å²) in [6, 6.07) is 0. The molecule has 1 aliphatic rings. The standard InChI is InChI=1S/C2H5N2OP/c1-2-5-6-3-4-6/h2H2,1H3/p+1. The second kappa shape index (κ2) is 1.63. The molecule has 1 rings (SSSR count). The van der Waals surface area contributed by atoms with Crippen molar-refractivity contribution in [1.29, 1.82) is 0 Å². The Balaban J connectivity index is 1.90. The quantitative estimate of drug-likeness (QED) is 0.485. The van der Waals surface area contributed by atoms with E-state index in [2.05, 4.69) is 9.77 Å². The van der Waals surface area contributed by atoms with Gasteiger partial charge in [-0.15, -0.1) is 0 Å². The van der Waals surface area contributed by atoms with Gasteiger partial charge in [0.2, 0.25) is 0 Å². The normalized spacial score (nSPS) is 27.8. The van der Waals surface area contributed by atoms with E-state index in [0.717, 1.165) is 6.61 Å². The van der Waals surface area contributed by atoms with Crippen LogP contribution in [0.3, 0.4) is 0 Å². The molecule has 1 heterocycles. The summed E-state index contributed by atoms with van der Waals surface area (Å²) >= 11 is 0. The Morgan fingerprint density at radius 3 is 2.83 bits per heavy atom. The average Bonchev–Trinajstić information content (AvgIpc) is 2.21. The molecule has 3 nitrogen and oxygen atoms in total. The first-order valence-corrected chi connectivity index (χ1v) is 3.04. The first-order valence-electron chi connectivity index (χ1n) is 1.83. The summed E-state index contributed by atoms with van der Waals surface area (Å²) in [7, 11) is -0.476. The minimum Gasteiger partial charge on any atom is -0.279 e. The van der Waals surface area contributed by atoms with Crippen molar-refractivity contribution < 1.29 is 9.41 Å². The van der Waals surface area contributed by atoms with E-state index < -0.39 is 8.45 Å². The predicted octanol–water partition coefficient (Wildman–Crippen LogP) is -0.204. The van der Waals surface area contributed by atoms with Crippen LogP contribution in [-0.4, -0.2) is 6.61 Å². The van der Waals surface area contributed by atoms with Gasteiger partial charge in [-0.1, -0.05) is 4.88 Å². The Morgan fingerprint density at radius 2 is 2.67 bits per heavy atom. The summed E-state index contributed by atoms with van der Waals surface area (Å²) in [5.41, 5.74) is 0. The van der Waals surface area contributed by atoms with Gasteiger partial charge in [0, 0.05) is 0 Å². The monoisotopic (exact) mass is 105 g/mol. The van der Waals surface area contributed by atoms with Crippen molar-refractivity contribution in [2.45, 2.75) is 6.92 Å². The SMILES string of the molecule is CCOP1N=[NH+]1. The van der Waals surface area contributed by atoms with Crippen LogP contribution in [0.2, 0.25) is 0 Å². The fourth-order valence-electron chi connectivity index (χ4n) is 0.198. The molecule has 4 heteroatoms. The van der Waals surface area contributed by atoms with E-state index in [1.54, 1.807) is 0 Å². The number of rotatable bonds is 2. The topological polar surface area (TPSA) is 35.6 Å². The van der Waals surface area contributed by atoms with Gasteiger partial charge < -0.3 is 0 Å². The minimum atomic E-state index is -0.476. The lowest BCUT2D eigenvalue weighted by atomic mass is 10.9. The van der Waals surface area contributed by atoms with Crippen LogP contribution in [0.15, 0.2) is 4.88 Å². The molecule has 34 valence electrons. The van der Waals surface area contributed by atoms with Crippen LogP contribution in [0.4, 0.5) is 0 Å². The highest BCUT2D eigenvalue weighted by Gasteiger charge is 2.31. The van der Waals surface area contributed by atoms with Crippen LogP contribution in [0.5, 0.6) is 0 Å². The Labute approximate surface area is 37.4 Å². The molecule has 1 unspecified atom stereocenters. The maximum absolute atomic E-state index is 4.94. The Bertz CT molecular complexity index is 67.9. The first kappa shape index (κ1) is 4.16. The average molecular weight is 105 g/mol. The molecule has 0 aromatic heterocycles. The van der Waals surface area contributed by atoms with E-state index in [1.165, 1.54) is 0 Å². The molecule has 0 aromatic carbocycles. The maximum atomic E-state index is 4.94. The number of nitrogens with zero attached hydrogens (tertiary/aromatic N) is 1. The van der Waals surface area contributed by atoms with Gasteiger partial charge in [0.05, 0.1) is 11.5 Å². The molecule has 1 atom stereocenters. The van der Waals surface area contributed by atoms with E-state index in [1.807, 2.05) is 6.92 Å². The van der Waals surface area contributed by atoms with E-state index in [0.29, 0.717) is 0 Å². The van der Waals surface area contributed by atoms with Crippen molar-refractivity contribution in [2.75, 3.05) is 6.61 Å². The van der Waals surface area contributed by atoms with Gasteiger partial charge in [0.25, 0.3) is 0 Å². The fourth-order valence-corrected chi connectivity index (χ4v) is 0.704. The summed E-state index contributed by atoms with van der Waals surface area (Å²) in [6.45, 7) is 2.72. The highest BCUT2D eigenvalue weighted by molar-refractivity contribution is 7.46. The summed E-state index contributed by atoms with van der Waals surface area (Å²) in [5, 5.41) is 0. The van der Waals surface area contributed by atoms with Gasteiger partial charge in [0.1, 0.15) is 0 Å². The van der Waals surface area contributed by atoms with Crippen LogP contribution in [0.1, 0.15) is 6.92 Å². The summed E-state index contributed by atoms with van der Waals surface area (Å²) in [6.07, 6.45) is 0. The van der Waals surface area contributed by atoms with Gasteiger partial charge in [-0.25, -0.2) is 0 Å². The van der Waals surface area contributed by atoms with Crippen molar-refractivity contribution in [2.24, 2.45) is 4.88 Å². The lowest BCUT2D eigenvalue weighted by molar-refractivity contribution is -0.278. The third-order valence-corrected chi connectivity index (χ3v) is 1.30. The number of hydrogen-bond donors (Lipinski definition) is 1. The smallest absolute Gasteiger partial charge is 0.279 e. The van der Waals surface area contributed by atoms with Crippen LogP contribution in [0.25, 0.3) is 0 Å². The molecule has 0 spiro atoms. The van der Waals surface area contributed by atoms with Gasteiger partial charge >= 0.3 is 8.45 Å². The molecule has 6 heavy (non-hydrogen) atoms. The zero-order valence-electron chi connectivity index (χ0n) is 3.51. The lowest BCUT2D eigenvalue weighted by Gasteiger charge is -1.76. The largest absolute Gasteiger partial charge is 0.559 e. The molecule has 0 saturated carbocycles. The molecule has 0 radical (unpaired) electrons. The van der Waals surface area contributed by atoms with Crippen molar-refractivity contribution in [3.05, 3.63) is 0 Å². The Hall–Kier alpha value is -0.0100. The molecule has 1 N–H and O–H groups in total. The Kier molecular flexibility index (Phi) is 1.13. The van der Waals surface area contributed by atoms with E-state index in [4.69, 9.17) is 4.52 Å². The Morgan fingerprint density at radius 1 is 2.00 bits per heavy atom. The minimum absolute atomic E-state index is 0.476. The van der Waals surface area contributed by atoms with Crippen molar-refractivity contribution >= 4 is 8.45 Å². The fraction of sp³-hybridized carbons (Fsp3) is 1.00. The molecular formula is C2H6N2OP+. The van der Waals surface area contributed by atoms with E-state index in [9.17, 15) is 0 Å². The molecule has 0 aliphatic carbocycles. The lowest BCUT2D eigenvalue weighted by Crippen LogP contribution is -2.38. The number of nitrogens with one attached hydrogen (secondary N) is 1. The zero-order valence-corrected chi connectivity index (χ0v) is 4.40. The zero-order chi connectivity index (χ0) is 4.41. The summed E-state index contributed by atoms with van der Waals surface area (Å²) in [4.78, 5) is 6.39. The summed E-state index contributed by atoms with van der Waals surface area (Å²) in [5.74, 6) is 0. The van der Waals surface area contributed by atoms with Gasteiger partial charge in [-0.3, -0.25) is 4.52 Å². The highest BCUT2D eigenvalue weighted by atomic mass is 31.2. The molecule has 1 aliphatic heterocycles. The molecule has 0 fully saturated rings. The molecule has 0 bridgehead atoms. The van der Waals surface area contributed by atoms with Gasteiger partial charge in [0.15, 0.2) is 0 Å². The third kappa shape index (κ3) is 0.994. The van der Waals surface area contributed by atoms with Gasteiger partial charge in [-0.05, 0) is 6.92 Å². The van der Waals surface area contributed by atoms with Crippen LogP contribution >= 0.6 is 8.45 Å². The predicted molar refractivity (Wildman–Crippen MR) is 21.9 cm³/mol. The van der Waals surface area contributed by atoms with E-state index >= 15 is 0 Å². The van der Waals surface area contributed by atoms with Crippen molar-refractivity contribution in [3.63, 3.8) is 0 Å². The molecule has 0 saturated heterocycles. The highest BCUT2D eigenvalue weighted by Crippen LogP contribution is 2.31. The van der Waals surface area contributed by atoms with Crippen LogP contribution < -0.4 is 4.88 Å². The molecule has 0 amide bonds. The molecule has 0 aromatic rings. The third-order valence-electron chi connectivity index (χ3n) is 0.433.